The number of rotatable bonds is 9. The van der Waals surface area contributed by atoms with Crippen molar-refractivity contribution in [1.82, 2.24) is 5.32 Å². The minimum Gasteiger partial charge on any atom is -0.492 e. The third-order valence-corrected chi connectivity index (χ3v) is 6.36. The highest BCUT2D eigenvalue weighted by Crippen LogP contribution is 2.25. The number of sulfonamides is 1. The average Bonchev–Trinajstić information content (AvgIpc) is 2.73. The second-order valence-electron chi connectivity index (χ2n) is 7.98. The number of ether oxygens (including phenoxy) is 1. The van der Waals surface area contributed by atoms with Crippen LogP contribution in [0.15, 0.2) is 60.7 Å². The molecular formula is C25H30N2O4S. The number of carbonyl (C=O) groups excluding carboxylic acids is 1. The van der Waals surface area contributed by atoms with Crippen molar-refractivity contribution in [3.05, 3.63) is 71.8 Å². The molecule has 0 fully saturated rings. The van der Waals surface area contributed by atoms with E-state index in [1.807, 2.05) is 62.4 Å². The van der Waals surface area contributed by atoms with E-state index in [4.69, 9.17) is 4.74 Å². The van der Waals surface area contributed by atoms with E-state index < -0.39 is 16.1 Å². The van der Waals surface area contributed by atoms with Crippen molar-refractivity contribution in [1.29, 1.82) is 0 Å². The molecular weight excluding hydrogens is 424 g/mol. The van der Waals surface area contributed by atoms with E-state index >= 15 is 0 Å². The van der Waals surface area contributed by atoms with Gasteiger partial charge in [-0.05, 0) is 66.4 Å². The lowest BCUT2D eigenvalue weighted by atomic mass is 10.1. The van der Waals surface area contributed by atoms with Crippen LogP contribution < -0.4 is 14.4 Å². The van der Waals surface area contributed by atoms with Gasteiger partial charge in [-0.2, -0.15) is 0 Å². The van der Waals surface area contributed by atoms with Crippen LogP contribution in [0, 0.1) is 13.8 Å². The van der Waals surface area contributed by atoms with Gasteiger partial charge in [0.2, 0.25) is 15.9 Å². The van der Waals surface area contributed by atoms with Crippen LogP contribution in [-0.4, -0.2) is 39.8 Å². The quantitative estimate of drug-likeness (QED) is 0.492. The first-order valence-electron chi connectivity index (χ1n) is 10.7. The van der Waals surface area contributed by atoms with E-state index in [-0.39, 0.29) is 19.1 Å². The predicted octanol–water partition coefficient (Wildman–Crippen LogP) is 4.20. The number of benzene rings is 3. The zero-order valence-electron chi connectivity index (χ0n) is 19.0. The fourth-order valence-electron chi connectivity index (χ4n) is 3.86. The van der Waals surface area contributed by atoms with E-state index in [0.717, 1.165) is 33.9 Å². The van der Waals surface area contributed by atoms with E-state index in [0.29, 0.717) is 12.1 Å². The van der Waals surface area contributed by atoms with Crippen molar-refractivity contribution >= 4 is 32.4 Å². The van der Waals surface area contributed by atoms with Crippen molar-refractivity contribution in [2.45, 2.75) is 33.2 Å². The SMILES string of the molecule is CC[C@H](C(=O)NCCOc1ccc2ccccc2c1)N(c1cc(C)cc(C)c1)S(C)(=O)=O. The van der Waals surface area contributed by atoms with Gasteiger partial charge in [0.25, 0.3) is 0 Å². The largest absolute Gasteiger partial charge is 0.492 e. The molecule has 0 aliphatic rings. The Kier molecular flexibility index (Phi) is 7.40. The van der Waals surface area contributed by atoms with Crippen molar-refractivity contribution in [2.24, 2.45) is 0 Å². The molecule has 3 aromatic rings. The Labute approximate surface area is 190 Å². The fraction of sp³-hybridized carbons (Fsp3) is 0.320. The smallest absolute Gasteiger partial charge is 0.244 e. The standard InChI is InChI=1S/C25H30N2O4S/c1-5-24(27(32(4,29)30)22-15-18(2)14-19(3)16-22)25(28)26-12-13-31-23-11-10-20-8-6-7-9-21(20)17-23/h6-11,14-17,24H,5,12-13H2,1-4H3,(H,26,28)/t24-/m1/s1. The summed E-state index contributed by atoms with van der Waals surface area (Å²) in [4.78, 5) is 12.9. The monoisotopic (exact) mass is 454 g/mol. The topological polar surface area (TPSA) is 75.7 Å². The molecule has 0 aromatic heterocycles. The van der Waals surface area contributed by atoms with Crippen LogP contribution in [0.3, 0.4) is 0 Å². The highest BCUT2D eigenvalue weighted by Gasteiger charge is 2.31. The minimum atomic E-state index is -3.66. The summed E-state index contributed by atoms with van der Waals surface area (Å²) in [6.07, 6.45) is 1.47. The number of aryl methyl sites for hydroxylation is 2. The van der Waals surface area contributed by atoms with E-state index in [1.165, 1.54) is 4.31 Å². The summed E-state index contributed by atoms with van der Waals surface area (Å²) in [7, 11) is -3.66. The molecule has 1 amide bonds. The molecule has 170 valence electrons. The molecule has 1 N–H and O–H groups in total. The first-order valence-corrected chi connectivity index (χ1v) is 12.5. The number of amides is 1. The van der Waals surface area contributed by atoms with Gasteiger partial charge in [0.1, 0.15) is 18.4 Å². The molecule has 7 heteroatoms. The number of carbonyl (C=O) groups is 1. The first kappa shape index (κ1) is 23.6. The number of nitrogens with zero attached hydrogens (tertiary/aromatic N) is 1. The molecule has 6 nitrogen and oxygen atoms in total. The van der Waals surface area contributed by atoms with E-state index in [1.54, 1.807) is 19.1 Å². The van der Waals surface area contributed by atoms with Gasteiger partial charge >= 0.3 is 0 Å². The fourth-order valence-corrected chi connectivity index (χ4v) is 5.05. The van der Waals surface area contributed by atoms with Crippen LogP contribution in [0.25, 0.3) is 10.8 Å². The number of anilines is 1. The van der Waals surface area contributed by atoms with Gasteiger partial charge in [-0.25, -0.2) is 8.42 Å². The van der Waals surface area contributed by atoms with E-state index in [2.05, 4.69) is 5.32 Å². The molecule has 0 saturated carbocycles. The molecule has 0 aliphatic heterocycles. The molecule has 0 spiro atoms. The lowest BCUT2D eigenvalue weighted by Crippen LogP contribution is -2.50. The molecule has 3 rings (SSSR count). The van der Waals surface area contributed by atoms with Gasteiger partial charge in [-0.1, -0.05) is 43.3 Å². The molecule has 3 aromatic carbocycles. The minimum absolute atomic E-state index is 0.270. The van der Waals surface area contributed by atoms with Crippen molar-refractivity contribution < 1.29 is 17.9 Å². The lowest BCUT2D eigenvalue weighted by Gasteiger charge is -2.30. The van der Waals surface area contributed by atoms with Gasteiger partial charge in [0, 0.05) is 0 Å². The summed E-state index contributed by atoms with van der Waals surface area (Å²) in [5.41, 5.74) is 2.37. The molecule has 0 aliphatic carbocycles. The molecule has 0 bridgehead atoms. The number of hydrogen-bond acceptors (Lipinski definition) is 4. The van der Waals surface area contributed by atoms with Gasteiger partial charge in [-0.3, -0.25) is 9.10 Å². The Bertz CT molecular complexity index is 1190. The summed E-state index contributed by atoms with van der Waals surface area (Å²) >= 11 is 0. The van der Waals surface area contributed by atoms with Gasteiger partial charge in [0.05, 0.1) is 18.5 Å². The highest BCUT2D eigenvalue weighted by molar-refractivity contribution is 7.92. The molecule has 32 heavy (non-hydrogen) atoms. The van der Waals surface area contributed by atoms with Crippen molar-refractivity contribution in [3.63, 3.8) is 0 Å². The van der Waals surface area contributed by atoms with Gasteiger partial charge in [-0.15, -0.1) is 0 Å². The molecule has 0 unspecified atom stereocenters. The Hall–Kier alpha value is -3.06. The third-order valence-electron chi connectivity index (χ3n) is 5.18. The molecule has 0 radical (unpaired) electrons. The molecule has 0 saturated heterocycles. The van der Waals surface area contributed by atoms with Crippen molar-refractivity contribution in [2.75, 3.05) is 23.7 Å². The number of nitrogens with one attached hydrogen (secondary N) is 1. The highest BCUT2D eigenvalue weighted by atomic mass is 32.2. The first-order chi connectivity index (χ1) is 15.2. The maximum Gasteiger partial charge on any atom is 0.244 e. The van der Waals surface area contributed by atoms with Crippen LogP contribution in [-0.2, 0) is 14.8 Å². The second kappa shape index (κ2) is 10.0. The van der Waals surface area contributed by atoms with Crippen LogP contribution in [0.2, 0.25) is 0 Å². The normalized spacial score (nSPS) is 12.4. The Morgan fingerprint density at radius 2 is 1.66 bits per heavy atom. The predicted molar refractivity (Wildman–Crippen MR) is 130 cm³/mol. The summed E-state index contributed by atoms with van der Waals surface area (Å²) in [6, 6.07) is 18.5. The Balaban J connectivity index is 1.66. The summed E-state index contributed by atoms with van der Waals surface area (Å²) in [6.45, 7) is 6.16. The third kappa shape index (κ3) is 5.79. The molecule has 0 heterocycles. The summed E-state index contributed by atoms with van der Waals surface area (Å²) in [5, 5.41) is 5.03. The average molecular weight is 455 g/mol. The van der Waals surface area contributed by atoms with Crippen LogP contribution in [0.5, 0.6) is 5.75 Å². The summed E-state index contributed by atoms with van der Waals surface area (Å²) in [5.74, 6) is 0.372. The Morgan fingerprint density at radius 3 is 2.28 bits per heavy atom. The maximum absolute atomic E-state index is 12.9. The molecule has 1 atom stereocenters. The number of hydrogen-bond donors (Lipinski definition) is 1. The van der Waals surface area contributed by atoms with Crippen molar-refractivity contribution in [3.8, 4) is 5.75 Å². The van der Waals surface area contributed by atoms with Gasteiger partial charge in [0.15, 0.2) is 0 Å². The van der Waals surface area contributed by atoms with Crippen LogP contribution in [0.1, 0.15) is 24.5 Å². The maximum atomic E-state index is 12.9. The van der Waals surface area contributed by atoms with Crippen LogP contribution >= 0.6 is 0 Å². The van der Waals surface area contributed by atoms with Gasteiger partial charge < -0.3 is 10.1 Å². The summed E-state index contributed by atoms with van der Waals surface area (Å²) < 4.78 is 32.2. The lowest BCUT2D eigenvalue weighted by molar-refractivity contribution is -0.122. The Morgan fingerprint density at radius 1 is 1.00 bits per heavy atom. The van der Waals surface area contributed by atoms with E-state index in [9.17, 15) is 13.2 Å². The number of fused-ring (bicyclic) bond motifs is 1. The zero-order chi connectivity index (χ0) is 23.3. The van der Waals surface area contributed by atoms with Crippen LogP contribution in [0.4, 0.5) is 5.69 Å². The second-order valence-corrected chi connectivity index (χ2v) is 9.84. The zero-order valence-corrected chi connectivity index (χ0v) is 19.8.